The van der Waals surface area contributed by atoms with Gasteiger partial charge in [-0.15, -0.1) is 0 Å². The molecule has 1 aromatic carbocycles. The van der Waals surface area contributed by atoms with Crippen LogP contribution in [0.3, 0.4) is 0 Å². The van der Waals surface area contributed by atoms with Crippen LogP contribution in [0, 0.1) is 5.92 Å². The van der Waals surface area contributed by atoms with E-state index >= 15 is 0 Å². The predicted molar refractivity (Wildman–Crippen MR) is 190 cm³/mol. The maximum Gasteiger partial charge on any atom is 0.248 e. The number of unbranched alkanes of at least 4 members (excludes halogenated alkanes) is 1. The van der Waals surface area contributed by atoms with Crippen LogP contribution in [0.1, 0.15) is 99.5 Å². The molecule has 270 valence electrons. The number of aryl methyl sites for hydroxylation is 1. The molecule has 49 heavy (non-hydrogen) atoms. The smallest absolute Gasteiger partial charge is 0.248 e. The molecule has 0 bridgehead atoms. The number of pyridine rings is 1. The summed E-state index contributed by atoms with van der Waals surface area (Å²) < 4.78 is 33.1. The van der Waals surface area contributed by atoms with Gasteiger partial charge >= 0.3 is 0 Å². The second-order valence-electron chi connectivity index (χ2n) is 14.8. The van der Waals surface area contributed by atoms with Crippen LogP contribution in [0.2, 0.25) is 0 Å². The maximum atomic E-state index is 13.8. The number of carbonyl (C=O) groups excluding carboxylic acids is 1. The number of rotatable bonds is 15. The van der Waals surface area contributed by atoms with Crippen LogP contribution in [0.5, 0.6) is 0 Å². The summed E-state index contributed by atoms with van der Waals surface area (Å²) in [4.78, 5) is 23.4. The molecule has 10 heteroatoms. The van der Waals surface area contributed by atoms with Crippen molar-refractivity contribution >= 4 is 5.91 Å². The Morgan fingerprint density at radius 3 is 2.69 bits per heavy atom. The predicted octanol–water partition coefficient (Wildman–Crippen LogP) is 5.66. The number of hydrogen-bond donors (Lipinski definition) is 3. The van der Waals surface area contributed by atoms with Crippen molar-refractivity contribution in [1.29, 1.82) is 0 Å². The average Bonchev–Trinajstić information content (AvgIpc) is 3.13. The van der Waals surface area contributed by atoms with Crippen molar-refractivity contribution in [3.63, 3.8) is 0 Å². The molecule has 0 unspecified atom stereocenters. The molecule has 4 aliphatic rings. The number of ether oxygens (including phenoxy) is 1. The molecule has 3 N–H and O–H groups in total. The first-order valence-electron chi connectivity index (χ1n) is 19.1. The fraction of sp³-hybridized carbons (Fsp3) is 0.692. The van der Waals surface area contributed by atoms with Gasteiger partial charge in [-0.3, -0.25) is 14.7 Å². The molecule has 2 aliphatic carbocycles. The zero-order valence-corrected chi connectivity index (χ0v) is 29.3. The summed E-state index contributed by atoms with van der Waals surface area (Å²) in [5.74, 6) is -3.05. The van der Waals surface area contributed by atoms with Crippen LogP contribution in [0.15, 0.2) is 48.7 Å². The molecular weight excluding hydrogens is 622 g/mol. The number of halogens is 2. The first-order chi connectivity index (χ1) is 23.9. The Labute approximate surface area is 292 Å². The lowest BCUT2D eigenvalue weighted by atomic mass is 9.86. The standard InChI is InChI=1S/C39H58F2N6O2/c40-39(41)18-13-32(14-19-39)38(48)45-35(30-8-2-1-3-9-30)15-24-46-25-22-43-34(28-46)29-47(23-5-4-20-42-33-16-26-49-27-17-33)36-12-6-10-31-11-7-21-44-37(31)36/h1-3,7-9,11,21,32-36,42-43H,4-6,10,12-20,22-29H2,(H,45,48)/t34-,35+,36+/m1/s1. The lowest BCUT2D eigenvalue weighted by Gasteiger charge is -2.41. The number of amides is 1. The molecule has 3 atom stereocenters. The van der Waals surface area contributed by atoms with Gasteiger partial charge in [-0.2, -0.15) is 0 Å². The molecule has 1 saturated carbocycles. The van der Waals surface area contributed by atoms with E-state index in [0.29, 0.717) is 18.1 Å². The topological polar surface area (TPSA) is 81.8 Å². The summed E-state index contributed by atoms with van der Waals surface area (Å²) in [6.07, 6.45) is 10.9. The summed E-state index contributed by atoms with van der Waals surface area (Å²) in [6, 6.07) is 15.6. The van der Waals surface area contributed by atoms with Crippen molar-refractivity contribution in [2.75, 3.05) is 59.0 Å². The lowest BCUT2D eigenvalue weighted by Crippen LogP contribution is -2.56. The van der Waals surface area contributed by atoms with Crippen molar-refractivity contribution in [1.82, 2.24) is 30.7 Å². The van der Waals surface area contributed by atoms with Crippen molar-refractivity contribution in [3.05, 3.63) is 65.5 Å². The highest BCUT2D eigenvalue weighted by molar-refractivity contribution is 5.79. The minimum Gasteiger partial charge on any atom is -0.381 e. The second-order valence-corrected chi connectivity index (χ2v) is 14.8. The number of aromatic nitrogens is 1. The van der Waals surface area contributed by atoms with Crippen molar-refractivity contribution in [2.45, 2.75) is 107 Å². The Morgan fingerprint density at radius 1 is 1.06 bits per heavy atom. The van der Waals surface area contributed by atoms with E-state index in [9.17, 15) is 13.6 Å². The molecule has 2 aliphatic heterocycles. The van der Waals surface area contributed by atoms with Crippen molar-refractivity contribution < 1.29 is 18.3 Å². The van der Waals surface area contributed by atoms with Gasteiger partial charge in [0, 0.05) is 83.0 Å². The Bertz CT molecular complexity index is 1290. The largest absolute Gasteiger partial charge is 0.381 e. The zero-order chi connectivity index (χ0) is 33.9. The van der Waals surface area contributed by atoms with Gasteiger partial charge in [-0.05, 0) is 94.5 Å². The third-order valence-corrected chi connectivity index (χ3v) is 11.3. The van der Waals surface area contributed by atoms with E-state index in [2.05, 4.69) is 50.0 Å². The molecule has 1 amide bonds. The average molecular weight is 681 g/mol. The number of piperazine rings is 1. The Hall–Kier alpha value is -2.50. The van der Waals surface area contributed by atoms with Crippen LogP contribution < -0.4 is 16.0 Å². The van der Waals surface area contributed by atoms with E-state index in [1.54, 1.807) is 0 Å². The van der Waals surface area contributed by atoms with Crippen LogP contribution >= 0.6 is 0 Å². The summed E-state index contributed by atoms with van der Waals surface area (Å²) in [7, 11) is 0. The number of hydrogen-bond acceptors (Lipinski definition) is 7. The van der Waals surface area contributed by atoms with E-state index < -0.39 is 5.92 Å². The molecule has 2 aromatic rings. The monoisotopic (exact) mass is 680 g/mol. The summed E-state index contributed by atoms with van der Waals surface area (Å²) in [5.41, 5.74) is 3.74. The fourth-order valence-electron chi connectivity index (χ4n) is 8.38. The first kappa shape index (κ1) is 36.3. The van der Waals surface area contributed by atoms with Crippen LogP contribution in [0.25, 0.3) is 0 Å². The van der Waals surface area contributed by atoms with E-state index in [1.807, 2.05) is 24.4 Å². The first-order valence-corrected chi connectivity index (χ1v) is 19.1. The van der Waals surface area contributed by atoms with Gasteiger partial charge in [0.05, 0.1) is 17.8 Å². The van der Waals surface area contributed by atoms with Gasteiger partial charge in [0.25, 0.3) is 0 Å². The summed E-state index contributed by atoms with van der Waals surface area (Å²) in [6.45, 7) is 8.57. The lowest BCUT2D eigenvalue weighted by molar-refractivity contribution is -0.130. The Morgan fingerprint density at radius 2 is 1.88 bits per heavy atom. The van der Waals surface area contributed by atoms with Crippen LogP contribution in [-0.2, 0) is 16.0 Å². The normalized spacial score (nSPS) is 24.4. The van der Waals surface area contributed by atoms with Gasteiger partial charge in [-0.25, -0.2) is 8.78 Å². The molecule has 2 saturated heterocycles. The van der Waals surface area contributed by atoms with Gasteiger partial charge in [0.2, 0.25) is 11.8 Å². The zero-order valence-electron chi connectivity index (χ0n) is 29.3. The fourth-order valence-corrected chi connectivity index (χ4v) is 8.38. The molecule has 0 spiro atoms. The minimum absolute atomic E-state index is 0.0810. The van der Waals surface area contributed by atoms with E-state index in [1.165, 1.54) is 17.7 Å². The number of alkyl halides is 2. The molecule has 8 nitrogen and oxygen atoms in total. The van der Waals surface area contributed by atoms with Crippen molar-refractivity contribution in [3.8, 4) is 0 Å². The summed E-state index contributed by atoms with van der Waals surface area (Å²) in [5, 5.41) is 10.9. The minimum atomic E-state index is -2.64. The van der Waals surface area contributed by atoms with Crippen LogP contribution in [0.4, 0.5) is 8.78 Å². The molecule has 3 fully saturated rings. The molecule has 1 aromatic heterocycles. The SMILES string of the molecule is O=C(N[C@@H](CCN1CCN[C@@H](CN(CCCCNC2CCOCC2)[C@H]2CCCc3cccnc32)C1)c1ccccc1)C1CCC(F)(F)CC1. The van der Waals surface area contributed by atoms with Gasteiger partial charge in [-0.1, -0.05) is 36.4 Å². The highest BCUT2D eigenvalue weighted by atomic mass is 19.3. The van der Waals surface area contributed by atoms with Gasteiger partial charge in [0.1, 0.15) is 0 Å². The number of nitrogens with zero attached hydrogens (tertiary/aromatic N) is 3. The highest BCUT2D eigenvalue weighted by Crippen LogP contribution is 2.37. The molecular formula is C39H58F2N6O2. The number of fused-ring (bicyclic) bond motifs is 1. The quantitative estimate of drug-likeness (QED) is 0.210. The van der Waals surface area contributed by atoms with Gasteiger partial charge in [0.15, 0.2) is 0 Å². The number of carbonyl (C=O) groups is 1. The number of benzene rings is 1. The Kier molecular flexibility index (Phi) is 13.4. The van der Waals surface area contributed by atoms with Gasteiger partial charge < -0.3 is 25.6 Å². The molecule has 6 rings (SSSR count). The van der Waals surface area contributed by atoms with E-state index in [0.717, 1.165) is 110 Å². The molecule has 3 heterocycles. The maximum absolute atomic E-state index is 13.8. The van der Waals surface area contributed by atoms with E-state index in [4.69, 9.17) is 9.72 Å². The third-order valence-electron chi connectivity index (χ3n) is 11.3. The number of nitrogens with one attached hydrogen (secondary N) is 3. The second kappa shape index (κ2) is 18.1. The Balaban J connectivity index is 1.05. The highest BCUT2D eigenvalue weighted by Gasteiger charge is 2.38. The van der Waals surface area contributed by atoms with E-state index in [-0.39, 0.29) is 43.6 Å². The van der Waals surface area contributed by atoms with Crippen LogP contribution in [-0.4, -0.2) is 97.7 Å². The molecule has 0 radical (unpaired) electrons. The summed E-state index contributed by atoms with van der Waals surface area (Å²) >= 11 is 0. The third kappa shape index (κ3) is 10.7. The van der Waals surface area contributed by atoms with Crippen molar-refractivity contribution in [2.24, 2.45) is 5.92 Å².